The Morgan fingerprint density at radius 2 is 2.09 bits per heavy atom. The van der Waals surface area contributed by atoms with E-state index in [-0.39, 0.29) is 24.1 Å². The zero-order chi connectivity index (χ0) is 17.0. The van der Waals surface area contributed by atoms with Gasteiger partial charge in [-0.15, -0.1) is 5.10 Å². The van der Waals surface area contributed by atoms with Crippen molar-refractivity contribution in [1.29, 1.82) is 0 Å². The number of rotatable bonds is 6. The maximum absolute atomic E-state index is 12.2. The normalized spacial score (nSPS) is 10.8. The molecule has 0 aliphatic heterocycles. The first-order valence-corrected chi connectivity index (χ1v) is 7.39. The number of benzene rings is 1. The van der Waals surface area contributed by atoms with Crippen molar-refractivity contribution in [1.82, 2.24) is 15.0 Å². The summed E-state index contributed by atoms with van der Waals surface area (Å²) in [5.41, 5.74) is 2.10. The predicted molar refractivity (Wildman–Crippen MR) is 85.3 cm³/mol. The lowest BCUT2D eigenvalue weighted by Gasteiger charge is -2.10. The number of aromatic carboxylic acids is 1. The standard InChI is InChI=1S/C16H20N4O3/c1-10(2)7-13-15(16(22)23)18-19-20(13)9-14(21)17-12-6-4-5-11(3)8-12/h4-6,8,10H,7,9H2,1-3H3,(H,17,21)(H,22,23). The van der Waals surface area contributed by atoms with Crippen LogP contribution in [-0.4, -0.2) is 32.0 Å². The molecule has 7 heteroatoms. The van der Waals surface area contributed by atoms with Crippen LogP contribution in [-0.2, 0) is 17.8 Å². The summed E-state index contributed by atoms with van der Waals surface area (Å²) in [7, 11) is 0. The summed E-state index contributed by atoms with van der Waals surface area (Å²) in [6, 6.07) is 7.45. The first-order chi connectivity index (χ1) is 10.9. The van der Waals surface area contributed by atoms with E-state index in [9.17, 15) is 14.7 Å². The second-order valence-corrected chi connectivity index (χ2v) is 5.86. The summed E-state index contributed by atoms with van der Waals surface area (Å²) in [6.07, 6.45) is 0.492. The summed E-state index contributed by atoms with van der Waals surface area (Å²) in [6.45, 7) is 5.80. The maximum Gasteiger partial charge on any atom is 0.358 e. The highest BCUT2D eigenvalue weighted by Gasteiger charge is 2.21. The fraction of sp³-hybridized carbons (Fsp3) is 0.375. The maximum atomic E-state index is 12.2. The minimum Gasteiger partial charge on any atom is -0.476 e. The molecule has 0 aliphatic carbocycles. The Bertz CT molecular complexity index is 722. The van der Waals surface area contributed by atoms with E-state index < -0.39 is 5.97 Å². The van der Waals surface area contributed by atoms with Crippen LogP contribution in [0.2, 0.25) is 0 Å². The minimum absolute atomic E-state index is 0.0731. The average molecular weight is 316 g/mol. The molecule has 2 rings (SSSR count). The van der Waals surface area contributed by atoms with E-state index in [0.29, 0.717) is 17.8 Å². The summed E-state index contributed by atoms with van der Waals surface area (Å²) < 4.78 is 1.36. The topological polar surface area (TPSA) is 97.1 Å². The number of hydrogen-bond acceptors (Lipinski definition) is 4. The van der Waals surface area contributed by atoms with Crippen LogP contribution >= 0.6 is 0 Å². The molecule has 0 aliphatic rings. The molecule has 0 atom stereocenters. The Balaban J connectivity index is 2.15. The lowest BCUT2D eigenvalue weighted by molar-refractivity contribution is -0.117. The number of aromatic nitrogens is 3. The van der Waals surface area contributed by atoms with Crippen molar-refractivity contribution in [3.63, 3.8) is 0 Å². The molecule has 23 heavy (non-hydrogen) atoms. The number of amides is 1. The van der Waals surface area contributed by atoms with Crippen molar-refractivity contribution >= 4 is 17.6 Å². The number of anilines is 1. The van der Waals surface area contributed by atoms with E-state index in [0.717, 1.165) is 5.56 Å². The van der Waals surface area contributed by atoms with Crippen LogP contribution in [0, 0.1) is 12.8 Å². The van der Waals surface area contributed by atoms with E-state index in [2.05, 4.69) is 15.6 Å². The van der Waals surface area contributed by atoms with Crippen LogP contribution in [0.3, 0.4) is 0 Å². The van der Waals surface area contributed by atoms with E-state index in [1.807, 2.05) is 39.0 Å². The van der Waals surface area contributed by atoms with Crippen molar-refractivity contribution < 1.29 is 14.7 Å². The molecule has 1 aromatic carbocycles. The molecular weight excluding hydrogens is 296 g/mol. The van der Waals surface area contributed by atoms with Gasteiger partial charge in [0, 0.05) is 5.69 Å². The van der Waals surface area contributed by atoms with Crippen LogP contribution in [0.25, 0.3) is 0 Å². The summed E-state index contributed by atoms with van der Waals surface area (Å²) in [5, 5.41) is 19.4. The van der Waals surface area contributed by atoms with Crippen LogP contribution in [0.15, 0.2) is 24.3 Å². The van der Waals surface area contributed by atoms with Gasteiger partial charge in [-0.05, 0) is 37.0 Å². The van der Waals surface area contributed by atoms with E-state index in [1.165, 1.54) is 4.68 Å². The monoisotopic (exact) mass is 316 g/mol. The minimum atomic E-state index is -1.13. The lowest BCUT2D eigenvalue weighted by Crippen LogP contribution is -2.22. The lowest BCUT2D eigenvalue weighted by atomic mass is 10.1. The van der Waals surface area contributed by atoms with Crippen LogP contribution in [0.4, 0.5) is 5.69 Å². The van der Waals surface area contributed by atoms with Crippen molar-refractivity contribution in [3.8, 4) is 0 Å². The highest BCUT2D eigenvalue weighted by atomic mass is 16.4. The Morgan fingerprint density at radius 1 is 1.35 bits per heavy atom. The van der Waals surface area contributed by atoms with Gasteiger partial charge in [-0.1, -0.05) is 31.2 Å². The number of nitrogens with zero attached hydrogens (tertiary/aromatic N) is 3. The first kappa shape index (κ1) is 16.7. The van der Waals surface area contributed by atoms with Gasteiger partial charge in [0.05, 0.1) is 5.69 Å². The number of carbonyl (C=O) groups is 2. The Hall–Kier alpha value is -2.70. The van der Waals surface area contributed by atoms with Crippen molar-refractivity contribution in [2.45, 2.75) is 33.7 Å². The highest BCUT2D eigenvalue weighted by Crippen LogP contribution is 2.13. The average Bonchev–Trinajstić information content (AvgIpc) is 2.81. The molecule has 0 radical (unpaired) electrons. The Morgan fingerprint density at radius 3 is 2.70 bits per heavy atom. The van der Waals surface area contributed by atoms with Gasteiger partial charge in [0.1, 0.15) is 6.54 Å². The van der Waals surface area contributed by atoms with Crippen molar-refractivity contribution in [2.75, 3.05) is 5.32 Å². The molecule has 2 N–H and O–H groups in total. The SMILES string of the molecule is Cc1cccc(NC(=O)Cn2nnc(C(=O)O)c2CC(C)C)c1. The van der Waals surface area contributed by atoms with Crippen LogP contribution < -0.4 is 5.32 Å². The quantitative estimate of drug-likeness (QED) is 0.851. The molecule has 7 nitrogen and oxygen atoms in total. The summed E-state index contributed by atoms with van der Waals surface area (Å²) in [4.78, 5) is 23.4. The number of carboxylic acids is 1. The molecule has 0 fully saturated rings. The molecule has 2 aromatic rings. The van der Waals surface area contributed by atoms with Gasteiger partial charge in [0.15, 0.2) is 5.69 Å². The van der Waals surface area contributed by atoms with Crippen LogP contribution in [0.5, 0.6) is 0 Å². The highest BCUT2D eigenvalue weighted by molar-refractivity contribution is 5.91. The van der Waals surface area contributed by atoms with Gasteiger partial charge < -0.3 is 10.4 Å². The second-order valence-electron chi connectivity index (χ2n) is 5.86. The smallest absolute Gasteiger partial charge is 0.358 e. The molecular formula is C16H20N4O3. The second kappa shape index (κ2) is 7.04. The Labute approximate surface area is 134 Å². The summed E-state index contributed by atoms with van der Waals surface area (Å²) in [5.74, 6) is -1.18. The van der Waals surface area contributed by atoms with E-state index in [4.69, 9.17) is 0 Å². The zero-order valence-electron chi connectivity index (χ0n) is 13.4. The van der Waals surface area contributed by atoms with Gasteiger partial charge in [-0.25, -0.2) is 9.48 Å². The largest absolute Gasteiger partial charge is 0.476 e. The number of hydrogen-bond donors (Lipinski definition) is 2. The fourth-order valence-electron chi connectivity index (χ4n) is 2.27. The Kier molecular flexibility index (Phi) is 5.10. The molecule has 0 saturated heterocycles. The summed E-state index contributed by atoms with van der Waals surface area (Å²) >= 11 is 0. The number of carbonyl (C=O) groups excluding carboxylic acids is 1. The zero-order valence-corrected chi connectivity index (χ0v) is 13.4. The molecule has 0 bridgehead atoms. The fourth-order valence-corrected chi connectivity index (χ4v) is 2.27. The van der Waals surface area contributed by atoms with E-state index in [1.54, 1.807) is 6.07 Å². The molecule has 1 aromatic heterocycles. The molecule has 0 saturated carbocycles. The molecule has 1 amide bonds. The molecule has 0 unspecified atom stereocenters. The third kappa shape index (κ3) is 4.38. The number of aryl methyl sites for hydroxylation is 1. The van der Waals surface area contributed by atoms with Gasteiger partial charge in [0.2, 0.25) is 5.91 Å². The predicted octanol–water partition coefficient (Wildman–Crippen LogP) is 2.12. The van der Waals surface area contributed by atoms with Gasteiger partial charge in [-0.2, -0.15) is 0 Å². The number of nitrogens with one attached hydrogen (secondary N) is 1. The van der Waals surface area contributed by atoms with Gasteiger partial charge in [0.25, 0.3) is 0 Å². The van der Waals surface area contributed by atoms with Crippen molar-refractivity contribution in [3.05, 3.63) is 41.2 Å². The van der Waals surface area contributed by atoms with Gasteiger partial charge >= 0.3 is 5.97 Å². The van der Waals surface area contributed by atoms with Gasteiger partial charge in [-0.3, -0.25) is 4.79 Å². The third-order valence-corrected chi connectivity index (χ3v) is 3.24. The molecule has 0 spiro atoms. The molecule has 1 heterocycles. The van der Waals surface area contributed by atoms with Crippen LogP contribution in [0.1, 0.15) is 35.6 Å². The van der Waals surface area contributed by atoms with E-state index >= 15 is 0 Å². The first-order valence-electron chi connectivity index (χ1n) is 7.39. The number of carboxylic acid groups (broad SMARTS) is 1. The third-order valence-electron chi connectivity index (χ3n) is 3.24. The molecule has 122 valence electrons. The van der Waals surface area contributed by atoms with Crippen molar-refractivity contribution in [2.24, 2.45) is 5.92 Å².